The van der Waals surface area contributed by atoms with Gasteiger partial charge in [-0.1, -0.05) is 31.9 Å². The maximum absolute atomic E-state index is 8.70. The lowest BCUT2D eigenvalue weighted by Crippen LogP contribution is -2.10. The molecule has 2 heteroatoms. The van der Waals surface area contributed by atoms with Crippen LogP contribution in [0.4, 0.5) is 0 Å². The molecule has 1 aromatic rings. The highest BCUT2D eigenvalue weighted by atomic mass is 16.5. The number of ether oxygens (including phenoxy) is 1. The van der Waals surface area contributed by atoms with Crippen LogP contribution in [0.25, 0.3) is 0 Å². The first kappa shape index (κ1) is 13.4. The highest BCUT2D eigenvalue weighted by Crippen LogP contribution is 2.35. The van der Waals surface area contributed by atoms with Gasteiger partial charge in [-0.2, -0.15) is 0 Å². The van der Waals surface area contributed by atoms with Gasteiger partial charge in [0, 0.05) is 13.0 Å². The van der Waals surface area contributed by atoms with Crippen LogP contribution >= 0.6 is 0 Å². The molecule has 0 aliphatic heterocycles. The van der Waals surface area contributed by atoms with Gasteiger partial charge in [0.05, 0.1) is 6.61 Å². The van der Waals surface area contributed by atoms with Crippen molar-refractivity contribution in [3.05, 3.63) is 29.8 Å². The minimum atomic E-state index is 0.193. The second-order valence-electron chi connectivity index (χ2n) is 5.45. The van der Waals surface area contributed by atoms with E-state index in [4.69, 9.17) is 9.84 Å². The van der Waals surface area contributed by atoms with Crippen LogP contribution in [0.3, 0.4) is 0 Å². The van der Waals surface area contributed by atoms with Gasteiger partial charge in [-0.15, -0.1) is 0 Å². The Morgan fingerprint density at radius 3 is 2.39 bits per heavy atom. The Balaban J connectivity index is 1.87. The minimum Gasteiger partial charge on any atom is -0.494 e. The summed E-state index contributed by atoms with van der Waals surface area (Å²) in [4.78, 5) is 0. The molecular weight excluding hydrogens is 224 g/mol. The van der Waals surface area contributed by atoms with Crippen molar-refractivity contribution in [1.29, 1.82) is 0 Å². The lowest BCUT2D eigenvalue weighted by molar-refractivity contribution is 0.233. The molecule has 0 spiro atoms. The van der Waals surface area contributed by atoms with E-state index in [1.807, 2.05) is 0 Å². The maximum Gasteiger partial charge on any atom is 0.119 e. The molecule has 0 bridgehead atoms. The van der Waals surface area contributed by atoms with Crippen LogP contribution in [0.15, 0.2) is 24.3 Å². The van der Waals surface area contributed by atoms with Crippen molar-refractivity contribution in [3.8, 4) is 5.75 Å². The van der Waals surface area contributed by atoms with Crippen LogP contribution in [0.1, 0.15) is 50.5 Å². The fourth-order valence-electron chi connectivity index (χ4n) is 2.68. The maximum atomic E-state index is 8.70. The number of hydrogen-bond donors (Lipinski definition) is 1. The number of aliphatic hydroxyl groups is 1. The first-order valence-corrected chi connectivity index (χ1v) is 7.13. The number of rotatable bonds is 5. The Morgan fingerprint density at radius 2 is 1.78 bits per heavy atom. The van der Waals surface area contributed by atoms with Gasteiger partial charge in [0.1, 0.15) is 5.75 Å². The highest BCUT2D eigenvalue weighted by molar-refractivity contribution is 5.29. The average Bonchev–Trinajstić information content (AvgIpc) is 2.41. The summed E-state index contributed by atoms with van der Waals surface area (Å²) in [5.74, 6) is 2.56. The zero-order valence-corrected chi connectivity index (χ0v) is 11.3. The molecule has 1 saturated carbocycles. The van der Waals surface area contributed by atoms with E-state index in [2.05, 4.69) is 31.2 Å². The summed E-state index contributed by atoms with van der Waals surface area (Å²) in [7, 11) is 0. The van der Waals surface area contributed by atoms with Gasteiger partial charge >= 0.3 is 0 Å². The van der Waals surface area contributed by atoms with Gasteiger partial charge in [0.2, 0.25) is 0 Å². The van der Waals surface area contributed by atoms with Crippen molar-refractivity contribution in [2.75, 3.05) is 13.2 Å². The zero-order chi connectivity index (χ0) is 12.8. The fraction of sp³-hybridized carbons (Fsp3) is 0.625. The van der Waals surface area contributed by atoms with Crippen molar-refractivity contribution < 1.29 is 9.84 Å². The molecule has 2 nitrogen and oxygen atoms in total. The van der Waals surface area contributed by atoms with Crippen molar-refractivity contribution >= 4 is 0 Å². The Bertz CT molecular complexity index is 337. The number of benzene rings is 1. The van der Waals surface area contributed by atoms with Crippen molar-refractivity contribution in [3.63, 3.8) is 0 Å². The van der Waals surface area contributed by atoms with E-state index in [0.29, 0.717) is 13.0 Å². The monoisotopic (exact) mass is 248 g/mol. The minimum absolute atomic E-state index is 0.193. The smallest absolute Gasteiger partial charge is 0.119 e. The summed E-state index contributed by atoms with van der Waals surface area (Å²) in [5.41, 5.74) is 1.46. The summed E-state index contributed by atoms with van der Waals surface area (Å²) in [6.45, 7) is 3.14. The molecule has 0 saturated heterocycles. The molecule has 0 aromatic heterocycles. The fourth-order valence-corrected chi connectivity index (χ4v) is 2.68. The molecule has 0 unspecified atom stereocenters. The second-order valence-corrected chi connectivity index (χ2v) is 5.45. The zero-order valence-electron chi connectivity index (χ0n) is 11.3. The van der Waals surface area contributed by atoms with Crippen LogP contribution in [-0.4, -0.2) is 18.3 Å². The molecule has 0 amide bonds. The van der Waals surface area contributed by atoms with Crippen LogP contribution in [0.5, 0.6) is 5.75 Å². The Hall–Kier alpha value is -1.02. The summed E-state index contributed by atoms with van der Waals surface area (Å²) in [6.07, 6.45) is 6.07. The molecule has 2 rings (SSSR count). The van der Waals surface area contributed by atoms with Gasteiger partial charge in [0.25, 0.3) is 0 Å². The number of aliphatic hydroxyl groups excluding tert-OH is 1. The predicted molar refractivity (Wildman–Crippen MR) is 74.0 cm³/mol. The number of hydrogen-bond acceptors (Lipinski definition) is 2. The molecule has 100 valence electrons. The van der Waals surface area contributed by atoms with Gasteiger partial charge in [-0.3, -0.25) is 0 Å². The van der Waals surface area contributed by atoms with Crippen LogP contribution in [0.2, 0.25) is 0 Å². The van der Waals surface area contributed by atoms with E-state index in [9.17, 15) is 0 Å². The quantitative estimate of drug-likeness (QED) is 0.804. The van der Waals surface area contributed by atoms with Crippen molar-refractivity contribution in [2.24, 2.45) is 5.92 Å². The van der Waals surface area contributed by atoms with Crippen LogP contribution in [0, 0.1) is 5.92 Å². The van der Waals surface area contributed by atoms with Gasteiger partial charge in [-0.25, -0.2) is 0 Å². The average molecular weight is 248 g/mol. The molecule has 1 aliphatic rings. The van der Waals surface area contributed by atoms with Gasteiger partial charge < -0.3 is 9.84 Å². The lowest BCUT2D eigenvalue weighted by Gasteiger charge is -2.26. The van der Waals surface area contributed by atoms with E-state index in [1.165, 1.54) is 31.2 Å². The molecule has 0 heterocycles. The van der Waals surface area contributed by atoms with Crippen LogP contribution in [-0.2, 0) is 0 Å². The Labute approximate surface area is 110 Å². The predicted octanol–water partition coefficient (Wildman–Crippen LogP) is 3.74. The van der Waals surface area contributed by atoms with E-state index < -0.39 is 0 Å². The second kappa shape index (κ2) is 6.79. The summed E-state index contributed by atoms with van der Waals surface area (Å²) in [6, 6.07) is 8.53. The molecule has 1 aliphatic carbocycles. The first-order chi connectivity index (χ1) is 8.79. The van der Waals surface area contributed by atoms with Gasteiger partial charge in [0.15, 0.2) is 0 Å². The summed E-state index contributed by atoms with van der Waals surface area (Å²) in [5, 5.41) is 8.70. The normalized spacial score (nSPS) is 23.9. The Morgan fingerprint density at radius 1 is 1.11 bits per heavy atom. The third-order valence-corrected chi connectivity index (χ3v) is 3.94. The van der Waals surface area contributed by atoms with E-state index >= 15 is 0 Å². The van der Waals surface area contributed by atoms with E-state index in [1.54, 1.807) is 0 Å². The molecule has 1 aromatic carbocycles. The van der Waals surface area contributed by atoms with Crippen LogP contribution < -0.4 is 4.74 Å². The molecule has 0 radical (unpaired) electrons. The van der Waals surface area contributed by atoms with Crippen molar-refractivity contribution in [1.82, 2.24) is 0 Å². The molecular formula is C16H24O2. The third kappa shape index (κ3) is 3.74. The van der Waals surface area contributed by atoms with E-state index in [-0.39, 0.29) is 6.61 Å². The topological polar surface area (TPSA) is 29.5 Å². The molecule has 1 N–H and O–H groups in total. The SMILES string of the molecule is CC1CCC(c2ccc(OCCCO)cc2)CC1. The molecule has 1 fully saturated rings. The highest BCUT2D eigenvalue weighted by Gasteiger charge is 2.19. The lowest BCUT2D eigenvalue weighted by atomic mass is 9.79. The Kier molecular flexibility index (Phi) is 5.06. The molecule has 0 atom stereocenters. The molecule has 18 heavy (non-hydrogen) atoms. The van der Waals surface area contributed by atoms with E-state index in [0.717, 1.165) is 17.6 Å². The largest absolute Gasteiger partial charge is 0.494 e. The van der Waals surface area contributed by atoms with Gasteiger partial charge in [-0.05, 0) is 42.4 Å². The third-order valence-electron chi connectivity index (χ3n) is 3.94. The van der Waals surface area contributed by atoms with Crippen molar-refractivity contribution in [2.45, 2.75) is 44.9 Å². The standard InChI is InChI=1S/C16H24O2/c1-13-3-5-14(6-4-13)15-7-9-16(10-8-15)18-12-2-11-17/h7-10,13-14,17H,2-6,11-12H2,1H3. The first-order valence-electron chi connectivity index (χ1n) is 7.13. The summed E-state index contributed by atoms with van der Waals surface area (Å²) < 4.78 is 5.55. The summed E-state index contributed by atoms with van der Waals surface area (Å²) >= 11 is 0.